The molecule has 1 atom stereocenters. The molecule has 0 spiro atoms. The summed E-state index contributed by atoms with van der Waals surface area (Å²) in [5.41, 5.74) is 2.20. The van der Waals surface area contributed by atoms with Gasteiger partial charge >= 0.3 is 0 Å². The molecule has 22 heavy (non-hydrogen) atoms. The van der Waals surface area contributed by atoms with E-state index < -0.39 is 0 Å². The van der Waals surface area contributed by atoms with Crippen molar-refractivity contribution in [3.05, 3.63) is 46.7 Å². The molecule has 1 amide bonds. The Morgan fingerprint density at radius 2 is 2.14 bits per heavy atom. The summed E-state index contributed by atoms with van der Waals surface area (Å²) in [5.74, 6) is 1.47. The molecule has 0 radical (unpaired) electrons. The van der Waals surface area contributed by atoms with Gasteiger partial charge in [0.1, 0.15) is 11.5 Å². The molecule has 0 bridgehead atoms. The Morgan fingerprint density at radius 1 is 1.41 bits per heavy atom. The molecule has 1 heterocycles. The van der Waals surface area contributed by atoms with E-state index in [2.05, 4.69) is 13.2 Å². The summed E-state index contributed by atoms with van der Waals surface area (Å²) in [5, 5.41) is 1.62. The van der Waals surface area contributed by atoms with E-state index in [9.17, 15) is 4.79 Å². The van der Waals surface area contributed by atoms with E-state index in [-0.39, 0.29) is 11.9 Å². The lowest BCUT2D eigenvalue weighted by Crippen LogP contribution is -2.39. The van der Waals surface area contributed by atoms with Gasteiger partial charge in [-0.1, -0.05) is 24.9 Å². The van der Waals surface area contributed by atoms with Crippen molar-refractivity contribution in [2.24, 2.45) is 0 Å². The fourth-order valence-electron chi connectivity index (χ4n) is 2.80. The Balaban J connectivity index is 2.37. The number of carbonyl (C=O) groups is 1. The normalized spacial score (nSPS) is 16.7. The SMILES string of the molecule is C=CSC(=C)C(=O)N1CCc2cc(OC)cc(OC)c2C1C. The number of hydrogen-bond donors (Lipinski definition) is 0. The van der Waals surface area contributed by atoms with Gasteiger partial charge in [-0.15, -0.1) is 0 Å². The third kappa shape index (κ3) is 2.99. The van der Waals surface area contributed by atoms with Gasteiger partial charge in [-0.2, -0.15) is 0 Å². The van der Waals surface area contributed by atoms with Crippen LogP contribution in [0.15, 0.2) is 35.6 Å². The zero-order chi connectivity index (χ0) is 16.3. The summed E-state index contributed by atoms with van der Waals surface area (Å²) in [4.78, 5) is 14.8. The lowest BCUT2D eigenvalue weighted by Gasteiger charge is -2.36. The zero-order valence-corrected chi connectivity index (χ0v) is 14.0. The molecule has 1 aromatic rings. The van der Waals surface area contributed by atoms with Crippen LogP contribution in [0.5, 0.6) is 11.5 Å². The van der Waals surface area contributed by atoms with Crippen molar-refractivity contribution in [2.75, 3.05) is 20.8 Å². The first-order valence-electron chi connectivity index (χ1n) is 7.05. The van der Waals surface area contributed by atoms with Gasteiger partial charge in [0.2, 0.25) is 0 Å². The second-order valence-electron chi connectivity index (χ2n) is 5.03. The summed E-state index contributed by atoms with van der Waals surface area (Å²) < 4.78 is 10.8. The lowest BCUT2D eigenvalue weighted by atomic mass is 9.92. The molecule has 1 aliphatic heterocycles. The van der Waals surface area contributed by atoms with Crippen LogP contribution >= 0.6 is 11.8 Å². The van der Waals surface area contributed by atoms with E-state index >= 15 is 0 Å². The fraction of sp³-hybridized carbons (Fsp3) is 0.353. The third-order valence-electron chi connectivity index (χ3n) is 3.89. The molecule has 0 aromatic heterocycles. The first-order valence-corrected chi connectivity index (χ1v) is 7.93. The number of fused-ring (bicyclic) bond motifs is 1. The Kier molecular flexibility index (Phi) is 5.19. The first kappa shape index (κ1) is 16.5. The zero-order valence-electron chi connectivity index (χ0n) is 13.2. The molecule has 0 N–H and O–H groups in total. The van der Waals surface area contributed by atoms with Crippen LogP contribution in [0, 0.1) is 0 Å². The highest BCUT2D eigenvalue weighted by atomic mass is 32.2. The van der Waals surface area contributed by atoms with Gasteiger partial charge in [0.05, 0.1) is 25.2 Å². The van der Waals surface area contributed by atoms with Gasteiger partial charge in [0.15, 0.2) is 0 Å². The predicted octanol–water partition coefficient (Wildman–Crippen LogP) is 3.54. The van der Waals surface area contributed by atoms with Gasteiger partial charge < -0.3 is 14.4 Å². The molecular weight excluding hydrogens is 298 g/mol. The second-order valence-corrected chi connectivity index (χ2v) is 6.10. The molecule has 1 unspecified atom stereocenters. The maximum Gasteiger partial charge on any atom is 0.260 e. The second kappa shape index (κ2) is 6.92. The van der Waals surface area contributed by atoms with E-state index in [0.29, 0.717) is 11.4 Å². The average Bonchev–Trinajstić information content (AvgIpc) is 2.53. The van der Waals surface area contributed by atoms with Crippen LogP contribution in [0.3, 0.4) is 0 Å². The average molecular weight is 319 g/mol. The molecule has 0 aliphatic carbocycles. The van der Waals surface area contributed by atoms with Crippen molar-refractivity contribution >= 4 is 17.7 Å². The standard InChI is InChI=1S/C17H21NO3S/c1-6-22-12(3)17(19)18-8-7-13-9-14(20-4)10-15(21-5)16(13)11(18)2/h6,9-11H,1,3,7-8H2,2,4-5H3. The minimum atomic E-state index is -0.0701. The van der Waals surface area contributed by atoms with Gasteiger partial charge in [-0.05, 0) is 30.4 Å². The lowest BCUT2D eigenvalue weighted by molar-refractivity contribution is -0.128. The third-order valence-corrected chi connectivity index (χ3v) is 4.51. The van der Waals surface area contributed by atoms with Crippen molar-refractivity contribution in [3.63, 3.8) is 0 Å². The van der Waals surface area contributed by atoms with Gasteiger partial charge in [0, 0.05) is 18.2 Å². The summed E-state index contributed by atoms with van der Waals surface area (Å²) in [6.45, 7) is 10.1. The van der Waals surface area contributed by atoms with Crippen molar-refractivity contribution < 1.29 is 14.3 Å². The molecule has 1 aromatic carbocycles. The number of ether oxygens (including phenoxy) is 2. The van der Waals surface area contributed by atoms with E-state index in [0.717, 1.165) is 29.0 Å². The van der Waals surface area contributed by atoms with Crippen LogP contribution in [0.1, 0.15) is 24.1 Å². The monoisotopic (exact) mass is 319 g/mol. The molecule has 4 nitrogen and oxygen atoms in total. The molecular formula is C17H21NO3S. The van der Waals surface area contributed by atoms with Crippen molar-refractivity contribution in [1.82, 2.24) is 4.90 Å². The molecule has 0 saturated carbocycles. The summed E-state index contributed by atoms with van der Waals surface area (Å²) in [7, 11) is 3.27. The fourth-order valence-corrected chi connectivity index (χ4v) is 3.22. The number of carbonyl (C=O) groups excluding carboxylic acids is 1. The summed E-state index contributed by atoms with van der Waals surface area (Å²) in [6.07, 6.45) is 0.769. The maximum absolute atomic E-state index is 12.5. The van der Waals surface area contributed by atoms with Crippen LogP contribution in [0.25, 0.3) is 0 Å². The molecule has 1 aliphatic rings. The Bertz CT molecular complexity index is 595. The van der Waals surface area contributed by atoms with Crippen LogP contribution in [-0.2, 0) is 11.2 Å². The highest BCUT2D eigenvalue weighted by Crippen LogP contribution is 2.40. The van der Waals surface area contributed by atoms with Gasteiger partial charge in [-0.3, -0.25) is 4.79 Å². The van der Waals surface area contributed by atoms with Gasteiger partial charge in [-0.25, -0.2) is 0 Å². The Hall–Kier alpha value is -1.88. The highest BCUT2D eigenvalue weighted by Gasteiger charge is 2.31. The number of amides is 1. The number of nitrogens with zero attached hydrogens (tertiary/aromatic N) is 1. The number of hydrogen-bond acceptors (Lipinski definition) is 4. The molecule has 2 rings (SSSR count). The van der Waals surface area contributed by atoms with Crippen molar-refractivity contribution in [3.8, 4) is 11.5 Å². The molecule has 0 saturated heterocycles. The van der Waals surface area contributed by atoms with Crippen molar-refractivity contribution in [1.29, 1.82) is 0 Å². The molecule has 118 valence electrons. The van der Waals surface area contributed by atoms with Crippen LogP contribution < -0.4 is 9.47 Å². The Labute approximate surface area is 135 Å². The number of methoxy groups -OCH3 is 2. The molecule has 5 heteroatoms. The van der Waals surface area contributed by atoms with Gasteiger partial charge in [0.25, 0.3) is 5.91 Å². The Morgan fingerprint density at radius 3 is 2.73 bits per heavy atom. The smallest absolute Gasteiger partial charge is 0.260 e. The first-order chi connectivity index (χ1) is 10.5. The minimum Gasteiger partial charge on any atom is -0.497 e. The largest absolute Gasteiger partial charge is 0.497 e. The summed E-state index contributed by atoms with van der Waals surface area (Å²) >= 11 is 1.26. The number of benzene rings is 1. The maximum atomic E-state index is 12.5. The van der Waals surface area contributed by atoms with Crippen LogP contribution in [0.4, 0.5) is 0 Å². The summed E-state index contributed by atoms with van der Waals surface area (Å²) in [6, 6.07) is 3.80. The quantitative estimate of drug-likeness (QED) is 0.778. The van der Waals surface area contributed by atoms with Crippen LogP contribution in [-0.4, -0.2) is 31.6 Å². The van der Waals surface area contributed by atoms with E-state index in [4.69, 9.17) is 9.47 Å². The van der Waals surface area contributed by atoms with E-state index in [1.54, 1.807) is 19.6 Å². The predicted molar refractivity (Wildman–Crippen MR) is 90.3 cm³/mol. The number of thioether (sulfide) groups is 1. The number of rotatable bonds is 5. The van der Waals surface area contributed by atoms with Crippen LogP contribution in [0.2, 0.25) is 0 Å². The molecule has 0 fully saturated rings. The minimum absolute atomic E-state index is 0.0547. The highest BCUT2D eigenvalue weighted by molar-refractivity contribution is 8.06. The van der Waals surface area contributed by atoms with E-state index in [1.165, 1.54) is 11.8 Å². The van der Waals surface area contributed by atoms with Crippen molar-refractivity contribution in [2.45, 2.75) is 19.4 Å². The van der Waals surface area contributed by atoms with E-state index in [1.807, 2.05) is 24.0 Å². The topological polar surface area (TPSA) is 38.8 Å².